The van der Waals surface area contributed by atoms with Gasteiger partial charge in [-0.1, -0.05) is 41.0 Å². The molecule has 4 rings (SSSR count). The number of aromatic hydroxyl groups is 2. The number of nitrogens with zero attached hydrogens (tertiary/aromatic N) is 2. The summed E-state index contributed by atoms with van der Waals surface area (Å²) in [5, 5.41) is 33.4. The molecule has 3 N–H and O–H groups in total. The van der Waals surface area contributed by atoms with E-state index in [1.54, 1.807) is 0 Å². The molecular formula is C22H21ClN2O5. The number of halogens is 1. The third kappa shape index (κ3) is 4.05. The number of carbonyl (C=O) groups is 1. The molecule has 2 aromatic carbocycles. The van der Waals surface area contributed by atoms with E-state index in [2.05, 4.69) is 10.1 Å². The average molecular weight is 429 g/mol. The maximum Gasteiger partial charge on any atom is 0.179 e. The molecule has 1 aliphatic heterocycles. The number of phenols is 2. The first-order valence-corrected chi connectivity index (χ1v) is 10.0. The second-order valence-electron chi connectivity index (χ2n) is 7.41. The van der Waals surface area contributed by atoms with Crippen molar-refractivity contribution in [2.75, 3.05) is 13.1 Å². The number of aldehydes is 1. The minimum Gasteiger partial charge on any atom is -0.507 e. The van der Waals surface area contributed by atoms with Crippen LogP contribution in [0, 0.1) is 0 Å². The van der Waals surface area contributed by atoms with Crippen molar-refractivity contribution < 1.29 is 24.6 Å². The van der Waals surface area contributed by atoms with Gasteiger partial charge in [0.15, 0.2) is 17.7 Å². The van der Waals surface area contributed by atoms with Crippen LogP contribution in [0.1, 0.15) is 28.9 Å². The highest BCUT2D eigenvalue weighted by Gasteiger charge is 2.23. The summed E-state index contributed by atoms with van der Waals surface area (Å²) >= 11 is 5.98. The van der Waals surface area contributed by atoms with Gasteiger partial charge in [0.1, 0.15) is 11.5 Å². The SMILES string of the molecule is O=Cc1noc(-c2cc(Cl)c(O)cc2O)c1-c1ccc(CN2CCC(O)CC2)cc1. The van der Waals surface area contributed by atoms with Crippen LogP contribution < -0.4 is 0 Å². The van der Waals surface area contributed by atoms with Crippen molar-refractivity contribution in [3.8, 4) is 33.9 Å². The van der Waals surface area contributed by atoms with Crippen LogP contribution in [0.25, 0.3) is 22.5 Å². The molecule has 156 valence electrons. The number of aliphatic hydroxyl groups excluding tert-OH is 1. The molecule has 8 heteroatoms. The predicted molar refractivity (Wildman–Crippen MR) is 112 cm³/mol. The van der Waals surface area contributed by atoms with Gasteiger partial charge in [-0.05, 0) is 30.0 Å². The van der Waals surface area contributed by atoms with Crippen LogP contribution in [0.3, 0.4) is 0 Å². The number of hydrogen-bond acceptors (Lipinski definition) is 7. The van der Waals surface area contributed by atoms with Crippen molar-refractivity contribution in [1.82, 2.24) is 10.1 Å². The standard InChI is InChI=1S/C22H21ClN2O5/c23-17-9-16(19(28)10-20(17)29)22-21(18(12-26)24-30-22)14-3-1-13(2-4-14)11-25-7-5-15(27)6-8-25/h1-4,9-10,12,15,27-29H,5-8,11H2. The zero-order chi connectivity index (χ0) is 21.3. The third-order valence-electron chi connectivity index (χ3n) is 5.35. The Labute approximate surface area is 178 Å². The Kier molecular flexibility index (Phi) is 5.76. The normalized spacial score (nSPS) is 15.4. The van der Waals surface area contributed by atoms with Gasteiger partial charge < -0.3 is 19.8 Å². The number of likely N-dealkylation sites (tertiary alicyclic amines) is 1. The van der Waals surface area contributed by atoms with Gasteiger partial charge in [-0.3, -0.25) is 9.69 Å². The molecule has 0 atom stereocenters. The first-order chi connectivity index (χ1) is 14.5. The van der Waals surface area contributed by atoms with Crippen LogP contribution in [0.4, 0.5) is 0 Å². The fraction of sp³-hybridized carbons (Fsp3) is 0.273. The zero-order valence-corrected chi connectivity index (χ0v) is 16.8. The summed E-state index contributed by atoms with van der Waals surface area (Å²) in [6.07, 6.45) is 1.95. The molecule has 0 aliphatic carbocycles. The Morgan fingerprint density at radius 2 is 1.83 bits per heavy atom. The maximum atomic E-state index is 11.5. The van der Waals surface area contributed by atoms with Crippen LogP contribution in [-0.4, -0.2) is 50.9 Å². The predicted octanol–water partition coefficient (Wildman–Crippen LogP) is 3.84. The van der Waals surface area contributed by atoms with Crippen molar-refractivity contribution in [2.45, 2.75) is 25.5 Å². The number of hydrogen-bond donors (Lipinski definition) is 3. The minimum absolute atomic E-state index is 0.0415. The summed E-state index contributed by atoms with van der Waals surface area (Å²) in [6, 6.07) is 10.2. The second-order valence-corrected chi connectivity index (χ2v) is 7.82. The van der Waals surface area contributed by atoms with E-state index in [-0.39, 0.29) is 39.6 Å². The fourth-order valence-corrected chi connectivity index (χ4v) is 3.85. The molecule has 0 unspecified atom stereocenters. The highest BCUT2D eigenvalue weighted by Crippen LogP contribution is 2.42. The third-order valence-corrected chi connectivity index (χ3v) is 5.65. The highest BCUT2D eigenvalue weighted by molar-refractivity contribution is 6.32. The van der Waals surface area contributed by atoms with Crippen molar-refractivity contribution in [3.05, 3.63) is 52.7 Å². The molecule has 1 aromatic heterocycles. The Balaban J connectivity index is 1.65. The van der Waals surface area contributed by atoms with Crippen molar-refractivity contribution in [2.24, 2.45) is 0 Å². The van der Waals surface area contributed by atoms with E-state index in [0.29, 0.717) is 17.4 Å². The van der Waals surface area contributed by atoms with Crippen LogP contribution in [0.15, 0.2) is 40.9 Å². The van der Waals surface area contributed by atoms with Crippen LogP contribution in [0.5, 0.6) is 11.5 Å². The largest absolute Gasteiger partial charge is 0.507 e. The van der Waals surface area contributed by atoms with E-state index in [1.165, 1.54) is 6.07 Å². The molecule has 0 spiro atoms. The molecule has 0 amide bonds. The van der Waals surface area contributed by atoms with Gasteiger partial charge in [0.05, 0.1) is 22.3 Å². The lowest BCUT2D eigenvalue weighted by Crippen LogP contribution is -2.35. The van der Waals surface area contributed by atoms with E-state index in [1.807, 2.05) is 24.3 Å². The van der Waals surface area contributed by atoms with Crippen molar-refractivity contribution in [3.63, 3.8) is 0 Å². The molecule has 1 fully saturated rings. The second kappa shape index (κ2) is 8.47. The first kappa shape index (κ1) is 20.4. The lowest BCUT2D eigenvalue weighted by Gasteiger charge is -2.29. The smallest absolute Gasteiger partial charge is 0.179 e. The summed E-state index contributed by atoms with van der Waals surface area (Å²) < 4.78 is 5.35. The highest BCUT2D eigenvalue weighted by atomic mass is 35.5. The lowest BCUT2D eigenvalue weighted by molar-refractivity contribution is 0.0792. The van der Waals surface area contributed by atoms with E-state index in [4.69, 9.17) is 16.1 Å². The quantitative estimate of drug-likeness (QED) is 0.530. The number of piperidine rings is 1. The number of benzene rings is 2. The Morgan fingerprint density at radius 3 is 2.50 bits per heavy atom. The van der Waals surface area contributed by atoms with Gasteiger partial charge in [0, 0.05) is 25.7 Å². The molecule has 30 heavy (non-hydrogen) atoms. The lowest BCUT2D eigenvalue weighted by atomic mass is 9.98. The van der Waals surface area contributed by atoms with E-state index >= 15 is 0 Å². The number of carbonyl (C=O) groups excluding carboxylic acids is 1. The molecule has 1 aliphatic rings. The van der Waals surface area contributed by atoms with Gasteiger partial charge in [0.25, 0.3) is 0 Å². The summed E-state index contributed by atoms with van der Waals surface area (Å²) in [4.78, 5) is 13.8. The molecule has 2 heterocycles. The van der Waals surface area contributed by atoms with Gasteiger partial charge in [-0.2, -0.15) is 0 Å². The van der Waals surface area contributed by atoms with Gasteiger partial charge in [-0.15, -0.1) is 0 Å². The minimum atomic E-state index is -0.260. The molecule has 1 saturated heterocycles. The topological polar surface area (TPSA) is 107 Å². The van der Waals surface area contributed by atoms with E-state index in [9.17, 15) is 20.1 Å². The van der Waals surface area contributed by atoms with Crippen molar-refractivity contribution >= 4 is 17.9 Å². The van der Waals surface area contributed by atoms with Crippen LogP contribution >= 0.6 is 11.6 Å². The molecule has 0 saturated carbocycles. The fourth-order valence-electron chi connectivity index (χ4n) is 3.69. The number of aliphatic hydroxyl groups is 1. The van der Waals surface area contributed by atoms with E-state index < -0.39 is 0 Å². The molecule has 3 aromatic rings. The Hall–Kier alpha value is -2.87. The maximum absolute atomic E-state index is 11.5. The van der Waals surface area contributed by atoms with Gasteiger partial charge in [0.2, 0.25) is 0 Å². The Bertz CT molecular complexity index is 1060. The molecule has 7 nitrogen and oxygen atoms in total. The molecular weight excluding hydrogens is 408 g/mol. The number of aromatic nitrogens is 1. The van der Waals surface area contributed by atoms with Gasteiger partial charge >= 0.3 is 0 Å². The number of phenolic OH excluding ortho intramolecular Hbond substituents is 2. The Morgan fingerprint density at radius 1 is 1.13 bits per heavy atom. The summed E-state index contributed by atoms with van der Waals surface area (Å²) in [6.45, 7) is 2.49. The summed E-state index contributed by atoms with van der Waals surface area (Å²) in [7, 11) is 0. The number of rotatable bonds is 5. The monoisotopic (exact) mass is 428 g/mol. The molecule has 0 radical (unpaired) electrons. The summed E-state index contributed by atoms with van der Waals surface area (Å²) in [5.74, 6) is -0.311. The van der Waals surface area contributed by atoms with Crippen molar-refractivity contribution in [1.29, 1.82) is 0 Å². The van der Waals surface area contributed by atoms with Crippen LogP contribution in [-0.2, 0) is 6.54 Å². The average Bonchev–Trinajstić information content (AvgIpc) is 3.17. The van der Waals surface area contributed by atoms with E-state index in [0.717, 1.165) is 44.1 Å². The summed E-state index contributed by atoms with van der Waals surface area (Å²) in [5.41, 5.74) is 2.58. The first-order valence-electron chi connectivity index (χ1n) is 9.62. The van der Waals surface area contributed by atoms with Gasteiger partial charge in [-0.25, -0.2) is 0 Å². The molecule has 0 bridgehead atoms. The zero-order valence-electron chi connectivity index (χ0n) is 16.1. The van der Waals surface area contributed by atoms with Crippen LogP contribution in [0.2, 0.25) is 5.02 Å².